The highest BCUT2D eigenvalue weighted by Gasteiger charge is 2.34. The minimum Gasteiger partial charge on any atom is -0.346 e. The van der Waals surface area contributed by atoms with Gasteiger partial charge in [0.1, 0.15) is 0 Å². The molecule has 0 aliphatic heterocycles. The zero-order chi connectivity index (χ0) is 24.2. The Kier molecular flexibility index (Phi) is 8.00. The summed E-state index contributed by atoms with van der Waals surface area (Å²) in [5.41, 5.74) is 0.691. The highest BCUT2D eigenvalue weighted by atomic mass is 16.2. The molecule has 1 aliphatic carbocycles. The Balaban J connectivity index is 1.65. The average Bonchev–Trinajstić information content (AvgIpc) is 2.76. The van der Waals surface area contributed by atoms with Crippen LogP contribution in [0.1, 0.15) is 72.8 Å². The van der Waals surface area contributed by atoms with E-state index >= 15 is 0 Å². The minimum absolute atomic E-state index is 0.00255. The smallest absolute Gasteiger partial charge is 0.223 e. The highest BCUT2D eigenvalue weighted by molar-refractivity contribution is 5.93. The van der Waals surface area contributed by atoms with Crippen LogP contribution in [0.3, 0.4) is 0 Å². The lowest BCUT2D eigenvalue weighted by Gasteiger charge is -2.32. The van der Waals surface area contributed by atoms with E-state index in [1.165, 1.54) is 5.39 Å². The quantitative estimate of drug-likeness (QED) is 0.571. The normalized spacial score (nSPS) is 20.4. The summed E-state index contributed by atoms with van der Waals surface area (Å²) < 4.78 is 0. The lowest BCUT2D eigenvalue weighted by molar-refractivity contribution is -0.134. The molecule has 4 heteroatoms. The summed E-state index contributed by atoms with van der Waals surface area (Å²) in [6.45, 7) is 13.4. The predicted molar refractivity (Wildman–Crippen MR) is 137 cm³/mol. The summed E-state index contributed by atoms with van der Waals surface area (Å²) in [6.07, 6.45) is 4.44. The van der Waals surface area contributed by atoms with E-state index in [0.29, 0.717) is 12.3 Å². The van der Waals surface area contributed by atoms with Crippen molar-refractivity contribution in [2.75, 3.05) is 6.54 Å². The number of benzene rings is 2. The first-order chi connectivity index (χ1) is 15.4. The Morgan fingerprint density at radius 2 is 1.55 bits per heavy atom. The van der Waals surface area contributed by atoms with Crippen molar-refractivity contribution in [3.63, 3.8) is 0 Å². The molecule has 0 radical (unpaired) electrons. The molecular formula is C29H42N2O2. The van der Waals surface area contributed by atoms with Gasteiger partial charge in [0.25, 0.3) is 0 Å². The van der Waals surface area contributed by atoms with E-state index in [2.05, 4.69) is 61.7 Å². The molecule has 1 unspecified atom stereocenters. The summed E-state index contributed by atoms with van der Waals surface area (Å²) in [6, 6.07) is 14.0. The molecule has 1 fully saturated rings. The van der Waals surface area contributed by atoms with Crippen LogP contribution in [0.2, 0.25) is 0 Å². The largest absolute Gasteiger partial charge is 0.346 e. The van der Waals surface area contributed by atoms with Gasteiger partial charge in [-0.25, -0.2) is 0 Å². The van der Waals surface area contributed by atoms with Gasteiger partial charge in [0.15, 0.2) is 5.78 Å². The first kappa shape index (κ1) is 25.4. The van der Waals surface area contributed by atoms with E-state index in [4.69, 9.17) is 0 Å². The zero-order valence-electron chi connectivity index (χ0n) is 21.3. The summed E-state index contributed by atoms with van der Waals surface area (Å²) in [7, 11) is 0. The molecule has 33 heavy (non-hydrogen) atoms. The van der Waals surface area contributed by atoms with Crippen molar-refractivity contribution >= 4 is 22.5 Å². The van der Waals surface area contributed by atoms with Crippen LogP contribution in [0.5, 0.6) is 0 Å². The fraction of sp³-hybridized carbons (Fsp3) is 0.586. The zero-order valence-corrected chi connectivity index (χ0v) is 21.3. The summed E-state index contributed by atoms with van der Waals surface area (Å²) in [4.78, 5) is 26.4. The van der Waals surface area contributed by atoms with Crippen LogP contribution < -0.4 is 10.6 Å². The number of nitrogens with one attached hydrogen (secondary N) is 2. The number of hydrogen-bond acceptors (Lipinski definition) is 3. The topological polar surface area (TPSA) is 58.2 Å². The molecule has 1 amide bonds. The molecule has 0 spiro atoms. The molecule has 1 aliphatic rings. The molecule has 2 aromatic carbocycles. The van der Waals surface area contributed by atoms with Gasteiger partial charge in [0.2, 0.25) is 5.91 Å². The molecule has 180 valence electrons. The fourth-order valence-electron chi connectivity index (χ4n) is 4.70. The van der Waals surface area contributed by atoms with Gasteiger partial charge in [-0.15, -0.1) is 0 Å². The van der Waals surface area contributed by atoms with Crippen LogP contribution in [0.15, 0.2) is 42.5 Å². The number of Topliss-reactive ketones (excluding diaryl/α,β-unsaturated/α-hetero) is 1. The molecule has 1 saturated carbocycles. The van der Waals surface area contributed by atoms with E-state index in [1.807, 2.05) is 32.9 Å². The second kappa shape index (κ2) is 10.4. The third kappa shape index (κ3) is 7.40. The van der Waals surface area contributed by atoms with Crippen molar-refractivity contribution in [1.29, 1.82) is 0 Å². The Morgan fingerprint density at radius 3 is 2.15 bits per heavy atom. The van der Waals surface area contributed by atoms with Crippen LogP contribution in [-0.2, 0) is 16.0 Å². The first-order valence-electron chi connectivity index (χ1n) is 12.5. The van der Waals surface area contributed by atoms with Crippen LogP contribution in [0.25, 0.3) is 10.8 Å². The molecule has 0 aromatic heterocycles. The van der Waals surface area contributed by atoms with E-state index in [1.54, 1.807) is 0 Å². The van der Waals surface area contributed by atoms with Crippen LogP contribution in [0.4, 0.5) is 0 Å². The molecule has 3 rings (SSSR count). The van der Waals surface area contributed by atoms with E-state index in [9.17, 15) is 9.59 Å². The molecule has 2 aromatic rings. The molecular weight excluding hydrogens is 408 g/mol. The van der Waals surface area contributed by atoms with Crippen LogP contribution >= 0.6 is 0 Å². The summed E-state index contributed by atoms with van der Waals surface area (Å²) in [5, 5.41) is 9.09. The SMILES string of the molecule is CC(C)(C)NCC1CCC(C(=O)NC(Cc2ccc3ccccc3c2)C(=O)C(C)(C)C)CC1. The van der Waals surface area contributed by atoms with Crippen molar-refractivity contribution < 1.29 is 9.59 Å². The Hall–Kier alpha value is -2.20. The molecule has 0 heterocycles. The maximum absolute atomic E-state index is 13.3. The van der Waals surface area contributed by atoms with Crippen LogP contribution in [0, 0.1) is 17.3 Å². The van der Waals surface area contributed by atoms with Crippen molar-refractivity contribution in [2.24, 2.45) is 17.3 Å². The van der Waals surface area contributed by atoms with Crippen molar-refractivity contribution in [3.8, 4) is 0 Å². The number of rotatable bonds is 7. The third-order valence-electron chi connectivity index (χ3n) is 6.76. The van der Waals surface area contributed by atoms with E-state index in [-0.39, 0.29) is 23.1 Å². The van der Waals surface area contributed by atoms with E-state index in [0.717, 1.165) is 43.2 Å². The Morgan fingerprint density at radius 1 is 0.909 bits per heavy atom. The minimum atomic E-state index is -0.509. The average molecular weight is 451 g/mol. The second-order valence-electron chi connectivity index (χ2n) is 11.9. The summed E-state index contributed by atoms with van der Waals surface area (Å²) in [5.74, 6) is 0.758. The molecule has 1 atom stereocenters. The maximum Gasteiger partial charge on any atom is 0.223 e. The van der Waals surface area contributed by atoms with Gasteiger partial charge in [-0.3, -0.25) is 9.59 Å². The fourth-order valence-corrected chi connectivity index (χ4v) is 4.70. The van der Waals surface area contributed by atoms with Gasteiger partial charge >= 0.3 is 0 Å². The lowest BCUT2D eigenvalue weighted by Crippen LogP contribution is -2.49. The second-order valence-corrected chi connectivity index (χ2v) is 11.9. The molecule has 4 nitrogen and oxygen atoms in total. The van der Waals surface area contributed by atoms with Gasteiger partial charge in [-0.1, -0.05) is 63.2 Å². The molecule has 0 saturated heterocycles. The van der Waals surface area contributed by atoms with Gasteiger partial charge in [-0.2, -0.15) is 0 Å². The van der Waals surface area contributed by atoms with Crippen LogP contribution in [-0.4, -0.2) is 29.8 Å². The van der Waals surface area contributed by atoms with Crippen molar-refractivity contribution in [3.05, 3.63) is 48.0 Å². The summed E-state index contributed by atoms with van der Waals surface area (Å²) >= 11 is 0. The number of ketones is 1. The van der Waals surface area contributed by atoms with Gasteiger partial charge < -0.3 is 10.6 Å². The van der Waals surface area contributed by atoms with Gasteiger partial charge in [0.05, 0.1) is 6.04 Å². The highest BCUT2D eigenvalue weighted by Crippen LogP contribution is 2.29. The standard InChI is InChI=1S/C29H42N2O2/c1-28(2,3)26(32)25(18-21-13-14-22-9-7-8-10-24(22)17-21)31-27(33)23-15-11-20(12-16-23)19-30-29(4,5)6/h7-10,13-14,17,20,23,25,30H,11-12,15-16,18-19H2,1-6H3,(H,31,33). The van der Waals surface area contributed by atoms with Crippen molar-refractivity contribution in [2.45, 2.75) is 85.2 Å². The Bertz CT molecular complexity index is 959. The van der Waals surface area contributed by atoms with Gasteiger partial charge in [0, 0.05) is 16.9 Å². The van der Waals surface area contributed by atoms with E-state index < -0.39 is 11.5 Å². The third-order valence-corrected chi connectivity index (χ3v) is 6.76. The number of hydrogen-bond donors (Lipinski definition) is 2. The number of amides is 1. The van der Waals surface area contributed by atoms with Gasteiger partial charge in [-0.05, 0) is 81.7 Å². The number of carbonyl (C=O) groups excluding carboxylic acids is 2. The number of fused-ring (bicyclic) bond motifs is 1. The molecule has 2 N–H and O–H groups in total. The monoisotopic (exact) mass is 450 g/mol. The number of carbonyl (C=O) groups is 2. The first-order valence-corrected chi connectivity index (χ1v) is 12.5. The molecule has 0 bridgehead atoms. The predicted octanol–water partition coefficient (Wildman–Crippen LogP) is 5.68. The Labute approximate surface area is 199 Å². The lowest BCUT2D eigenvalue weighted by atomic mass is 9.80. The maximum atomic E-state index is 13.3. The van der Waals surface area contributed by atoms with Crippen molar-refractivity contribution in [1.82, 2.24) is 10.6 Å².